The monoisotopic (exact) mass is 359 g/mol. The van der Waals surface area contributed by atoms with Crippen LogP contribution in [0.25, 0.3) is 0 Å². The van der Waals surface area contributed by atoms with E-state index in [9.17, 15) is 4.79 Å². The molecule has 0 saturated heterocycles. The van der Waals surface area contributed by atoms with Gasteiger partial charge >= 0.3 is 0 Å². The minimum absolute atomic E-state index is 0.0823. The van der Waals surface area contributed by atoms with Gasteiger partial charge in [0.25, 0.3) is 5.56 Å². The number of benzene rings is 1. The lowest BCUT2D eigenvalue weighted by Gasteiger charge is -2.23. The lowest BCUT2D eigenvalue weighted by Crippen LogP contribution is -2.33. The van der Waals surface area contributed by atoms with Crippen molar-refractivity contribution in [2.75, 3.05) is 18.6 Å². The number of rotatable bonds is 5. The molecule has 1 aromatic heterocycles. The Kier molecular flexibility index (Phi) is 5.09. The summed E-state index contributed by atoms with van der Waals surface area (Å²) in [6.45, 7) is 4.88. The average molecular weight is 360 g/mol. The summed E-state index contributed by atoms with van der Waals surface area (Å²) in [4.78, 5) is 19.5. The molecule has 1 aromatic carbocycles. The Bertz CT molecular complexity index is 849. The standard InChI is InChI=1S/C18H23BClN3O2/c1-4-12(5-2)23-10-15(20)21-17(18(23)24)22-7-6-11-8-13(25-3)9-14(19)16(11)22/h8-10,12H,4-7,19H2,1-3H3. The number of aromatic nitrogens is 2. The van der Waals surface area contributed by atoms with Crippen molar-refractivity contribution in [1.29, 1.82) is 0 Å². The first-order valence-corrected chi connectivity index (χ1v) is 9.11. The Morgan fingerprint density at radius 2 is 2.08 bits per heavy atom. The van der Waals surface area contributed by atoms with E-state index in [4.69, 9.17) is 16.3 Å². The molecule has 25 heavy (non-hydrogen) atoms. The summed E-state index contributed by atoms with van der Waals surface area (Å²) in [7, 11) is 3.70. The van der Waals surface area contributed by atoms with Crippen LogP contribution in [0.3, 0.4) is 0 Å². The van der Waals surface area contributed by atoms with Gasteiger partial charge in [-0.2, -0.15) is 0 Å². The Morgan fingerprint density at radius 3 is 2.72 bits per heavy atom. The van der Waals surface area contributed by atoms with E-state index < -0.39 is 0 Å². The summed E-state index contributed by atoms with van der Waals surface area (Å²) in [6.07, 6.45) is 4.26. The smallest absolute Gasteiger partial charge is 0.294 e. The van der Waals surface area contributed by atoms with Gasteiger partial charge in [-0.1, -0.05) is 30.9 Å². The summed E-state index contributed by atoms with van der Waals surface area (Å²) < 4.78 is 7.10. The second kappa shape index (κ2) is 7.12. The van der Waals surface area contributed by atoms with Crippen molar-refractivity contribution in [3.05, 3.63) is 39.4 Å². The molecule has 5 nitrogen and oxygen atoms in total. The average Bonchev–Trinajstić information content (AvgIpc) is 3.02. The topological polar surface area (TPSA) is 47.4 Å². The van der Waals surface area contributed by atoms with Crippen molar-refractivity contribution in [3.63, 3.8) is 0 Å². The number of hydrogen-bond donors (Lipinski definition) is 0. The highest BCUT2D eigenvalue weighted by Crippen LogP contribution is 2.33. The molecule has 0 aliphatic carbocycles. The lowest BCUT2D eigenvalue weighted by molar-refractivity contribution is 0.415. The number of fused-ring (bicyclic) bond motifs is 1. The summed E-state index contributed by atoms with van der Waals surface area (Å²) in [5.41, 5.74) is 3.21. The van der Waals surface area contributed by atoms with Crippen molar-refractivity contribution in [1.82, 2.24) is 9.55 Å². The van der Waals surface area contributed by atoms with Gasteiger partial charge in [-0.3, -0.25) is 4.79 Å². The van der Waals surface area contributed by atoms with E-state index >= 15 is 0 Å². The minimum Gasteiger partial charge on any atom is -0.497 e. The third-order valence-electron chi connectivity index (χ3n) is 4.94. The first kappa shape index (κ1) is 17.9. The van der Waals surface area contributed by atoms with Crippen LogP contribution < -0.4 is 20.7 Å². The predicted octanol–water partition coefficient (Wildman–Crippen LogP) is 2.22. The Balaban J connectivity index is 2.13. The first-order chi connectivity index (χ1) is 12.0. The molecule has 132 valence electrons. The van der Waals surface area contributed by atoms with Gasteiger partial charge in [0.05, 0.1) is 7.11 Å². The molecule has 3 rings (SSSR count). The maximum absolute atomic E-state index is 13.1. The zero-order valence-corrected chi connectivity index (χ0v) is 15.9. The van der Waals surface area contributed by atoms with Crippen LogP contribution in [0.4, 0.5) is 11.5 Å². The Hall–Kier alpha value is -1.95. The number of nitrogens with zero attached hydrogens (tertiary/aromatic N) is 3. The van der Waals surface area contributed by atoms with E-state index in [1.807, 2.05) is 24.9 Å². The molecule has 1 aliphatic rings. The number of anilines is 2. The van der Waals surface area contributed by atoms with Gasteiger partial charge in [0.2, 0.25) is 5.82 Å². The molecule has 0 unspecified atom stereocenters. The van der Waals surface area contributed by atoms with Crippen LogP contribution >= 0.6 is 11.6 Å². The summed E-state index contributed by atoms with van der Waals surface area (Å²) in [6, 6.07) is 4.15. The summed E-state index contributed by atoms with van der Waals surface area (Å²) in [5, 5.41) is 0.348. The molecule has 2 heterocycles. The third-order valence-corrected chi connectivity index (χ3v) is 5.12. The minimum atomic E-state index is -0.0823. The number of methoxy groups -OCH3 is 1. The van der Waals surface area contributed by atoms with E-state index in [2.05, 4.69) is 18.8 Å². The molecule has 0 bridgehead atoms. The maximum Gasteiger partial charge on any atom is 0.294 e. The van der Waals surface area contributed by atoms with Crippen molar-refractivity contribution in [2.45, 2.75) is 39.2 Å². The molecule has 0 fully saturated rings. The largest absolute Gasteiger partial charge is 0.497 e. The highest BCUT2D eigenvalue weighted by Gasteiger charge is 2.27. The van der Waals surface area contributed by atoms with Crippen LogP contribution in [0.15, 0.2) is 23.1 Å². The van der Waals surface area contributed by atoms with Gasteiger partial charge in [-0.05, 0) is 37.0 Å². The van der Waals surface area contributed by atoms with Crippen molar-refractivity contribution >= 4 is 36.4 Å². The van der Waals surface area contributed by atoms with Gasteiger partial charge in [0.1, 0.15) is 18.7 Å². The van der Waals surface area contributed by atoms with Crippen LogP contribution in [0.1, 0.15) is 38.3 Å². The van der Waals surface area contributed by atoms with Crippen LogP contribution in [0.2, 0.25) is 5.15 Å². The first-order valence-electron chi connectivity index (χ1n) is 8.73. The SMILES string of the molecule is Bc1cc(OC)cc2c1N(c1nc(Cl)cn(C(CC)CC)c1=O)CC2. The molecular weight excluding hydrogens is 336 g/mol. The van der Waals surface area contributed by atoms with E-state index in [-0.39, 0.29) is 11.6 Å². The summed E-state index contributed by atoms with van der Waals surface area (Å²) in [5.74, 6) is 1.25. The van der Waals surface area contributed by atoms with E-state index in [0.29, 0.717) is 11.0 Å². The van der Waals surface area contributed by atoms with Gasteiger partial charge in [-0.25, -0.2) is 4.98 Å². The second-order valence-electron chi connectivity index (χ2n) is 6.42. The van der Waals surface area contributed by atoms with Crippen LogP contribution in [-0.4, -0.2) is 31.1 Å². The molecule has 7 heteroatoms. The van der Waals surface area contributed by atoms with Crippen molar-refractivity contribution in [3.8, 4) is 5.75 Å². The molecular formula is C18H23BClN3O2. The van der Waals surface area contributed by atoms with Gasteiger partial charge in [0, 0.05) is 24.5 Å². The highest BCUT2D eigenvalue weighted by molar-refractivity contribution is 6.36. The molecule has 2 aromatic rings. The molecule has 0 N–H and O–H groups in total. The fraction of sp³-hybridized carbons (Fsp3) is 0.444. The van der Waals surface area contributed by atoms with Crippen LogP contribution in [-0.2, 0) is 6.42 Å². The lowest BCUT2D eigenvalue weighted by atomic mass is 9.91. The molecule has 0 radical (unpaired) electrons. The fourth-order valence-corrected chi connectivity index (χ4v) is 3.85. The molecule has 0 atom stereocenters. The van der Waals surface area contributed by atoms with E-state index in [1.54, 1.807) is 17.9 Å². The van der Waals surface area contributed by atoms with Crippen LogP contribution in [0, 0.1) is 0 Å². The van der Waals surface area contributed by atoms with Gasteiger partial charge < -0.3 is 14.2 Å². The third kappa shape index (κ3) is 3.15. The molecule has 0 spiro atoms. The van der Waals surface area contributed by atoms with E-state index in [0.717, 1.165) is 42.7 Å². The predicted molar refractivity (Wildman–Crippen MR) is 105 cm³/mol. The van der Waals surface area contributed by atoms with E-state index in [1.165, 1.54) is 5.56 Å². The molecule has 1 aliphatic heterocycles. The summed E-state index contributed by atoms with van der Waals surface area (Å²) >= 11 is 6.26. The van der Waals surface area contributed by atoms with Crippen molar-refractivity contribution < 1.29 is 4.74 Å². The second-order valence-corrected chi connectivity index (χ2v) is 6.81. The Labute approximate surface area is 154 Å². The number of ether oxygens (including phenoxy) is 1. The highest BCUT2D eigenvalue weighted by atomic mass is 35.5. The number of halogens is 1. The zero-order chi connectivity index (χ0) is 18.1. The fourth-order valence-electron chi connectivity index (χ4n) is 3.66. The van der Waals surface area contributed by atoms with Gasteiger partial charge in [0.15, 0.2) is 0 Å². The zero-order valence-electron chi connectivity index (χ0n) is 15.2. The quantitative estimate of drug-likeness (QED) is 0.768. The normalized spacial score (nSPS) is 13.4. The number of hydrogen-bond acceptors (Lipinski definition) is 4. The van der Waals surface area contributed by atoms with Gasteiger partial charge in [-0.15, -0.1) is 0 Å². The molecule has 0 amide bonds. The van der Waals surface area contributed by atoms with Crippen molar-refractivity contribution in [2.24, 2.45) is 0 Å². The molecule has 0 saturated carbocycles. The van der Waals surface area contributed by atoms with Crippen LogP contribution in [0.5, 0.6) is 5.75 Å². The maximum atomic E-state index is 13.1. The Morgan fingerprint density at radius 1 is 1.36 bits per heavy atom.